The minimum absolute atomic E-state index is 0.127. The third-order valence-corrected chi connectivity index (χ3v) is 4.84. The van der Waals surface area contributed by atoms with Gasteiger partial charge in [0.25, 0.3) is 10.0 Å². The molecular weight excluding hydrogens is 262 g/mol. The van der Waals surface area contributed by atoms with E-state index in [0.717, 1.165) is 17.6 Å². The lowest BCUT2D eigenvalue weighted by atomic mass is 10.2. The van der Waals surface area contributed by atoms with Crippen LogP contribution in [0.1, 0.15) is 18.9 Å². The predicted octanol–water partition coefficient (Wildman–Crippen LogP) is 1.14. The third kappa shape index (κ3) is 3.20. The molecule has 1 N–H and O–H groups in total. The highest BCUT2D eigenvalue weighted by Crippen LogP contribution is 2.19. The van der Waals surface area contributed by atoms with Gasteiger partial charge in [0.1, 0.15) is 0 Å². The van der Waals surface area contributed by atoms with Crippen LogP contribution in [0.2, 0.25) is 0 Å². The van der Waals surface area contributed by atoms with Gasteiger partial charge in [-0.1, -0.05) is 17.7 Å². The fourth-order valence-electron chi connectivity index (χ4n) is 2.09. The van der Waals surface area contributed by atoms with E-state index in [1.54, 1.807) is 18.3 Å². The largest absolute Gasteiger partial charge is 0.316 e. The first-order valence-electron chi connectivity index (χ1n) is 6.29. The van der Waals surface area contributed by atoms with Crippen LogP contribution in [0.15, 0.2) is 35.0 Å². The van der Waals surface area contributed by atoms with Gasteiger partial charge in [0.05, 0.1) is 0 Å². The Morgan fingerprint density at radius 2 is 2.21 bits per heavy atom. The highest BCUT2D eigenvalue weighted by molar-refractivity contribution is 7.89. The number of sulfonamides is 1. The van der Waals surface area contributed by atoms with Gasteiger partial charge in [0.2, 0.25) is 0 Å². The summed E-state index contributed by atoms with van der Waals surface area (Å²) in [5.74, 6) is 0. The molecule has 104 valence electrons. The molecule has 6 heteroatoms. The monoisotopic (exact) mass is 281 g/mol. The summed E-state index contributed by atoms with van der Waals surface area (Å²) in [4.78, 5) is 4.08. The van der Waals surface area contributed by atoms with Crippen LogP contribution in [0, 0.1) is 0 Å². The highest BCUT2D eigenvalue weighted by Gasteiger charge is 2.26. The molecule has 1 aromatic heterocycles. The van der Waals surface area contributed by atoms with Gasteiger partial charge in [0, 0.05) is 25.8 Å². The molecule has 1 aliphatic heterocycles. The van der Waals surface area contributed by atoms with E-state index in [1.165, 1.54) is 4.31 Å². The Kier molecular flexibility index (Phi) is 4.34. The maximum Gasteiger partial charge on any atom is 0.260 e. The molecular formula is C13H19N3O2S. The number of hydrogen-bond acceptors (Lipinski definition) is 4. The van der Waals surface area contributed by atoms with E-state index in [9.17, 15) is 8.42 Å². The van der Waals surface area contributed by atoms with Crippen LogP contribution in [-0.2, 0) is 16.6 Å². The Morgan fingerprint density at radius 3 is 2.79 bits per heavy atom. The van der Waals surface area contributed by atoms with E-state index in [4.69, 9.17) is 0 Å². The van der Waals surface area contributed by atoms with Crippen LogP contribution in [0.25, 0.3) is 0 Å². The summed E-state index contributed by atoms with van der Waals surface area (Å²) in [6.07, 6.45) is 4.45. The van der Waals surface area contributed by atoms with Crippen molar-refractivity contribution >= 4 is 10.0 Å². The van der Waals surface area contributed by atoms with Crippen LogP contribution < -0.4 is 5.32 Å². The predicted molar refractivity (Wildman–Crippen MR) is 74.1 cm³/mol. The molecule has 0 atom stereocenters. The van der Waals surface area contributed by atoms with Crippen LogP contribution >= 0.6 is 0 Å². The Labute approximate surface area is 114 Å². The van der Waals surface area contributed by atoms with Crippen molar-refractivity contribution in [3.63, 3.8) is 0 Å². The number of pyridine rings is 1. The summed E-state index contributed by atoms with van der Waals surface area (Å²) in [5, 5.41) is 3.13. The zero-order valence-corrected chi connectivity index (χ0v) is 12.1. The molecule has 0 aromatic carbocycles. The maximum absolute atomic E-state index is 12.4. The zero-order valence-electron chi connectivity index (χ0n) is 11.3. The van der Waals surface area contributed by atoms with Crippen molar-refractivity contribution in [2.45, 2.75) is 24.9 Å². The lowest BCUT2D eigenvalue weighted by molar-refractivity contribution is 0.425. The maximum atomic E-state index is 12.4. The molecule has 0 fully saturated rings. The van der Waals surface area contributed by atoms with E-state index < -0.39 is 10.0 Å². The van der Waals surface area contributed by atoms with Gasteiger partial charge in [-0.2, -0.15) is 4.31 Å². The SMILES string of the molecule is CNCc1ccc(S(=O)(=O)N2CCC=C(C)C2)nc1. The topological polar surface area (TPSA) is 62.3 Å². The lowest BCUT2D eigenvalue weighted by Gasteiger charge is -2.24. The second kappa shape index (κ2) is 5.81. The fourth-order valence-corrected chi connectivity index (χ4v) is 3.50. The standard InChI is InChI=1S/C13H19N3O2S/c1-11-4-3-7-16(10-11)19(17,18)13-6-5-12(8-14-2)9-15-13/h4-6,9,14H,3,7-8,10H2,1-2H3. The summed E-state index contributed by atoms with van der Waals surface area (Å²) in [6, 6.07) is 3.37. The molecule has 0 bridgehead atoms. The van der Waals surface area contributed by atoms with Crippen molar-refractivity contribution in [3.05, 3.63) is 35.5 Å². The summed E-state index contributed by atoms with van der Waals surface area (Å²) in [5.41, 5.74) is 2.05. The molecule has 0 saturated heterocycles. The number of rotatable bonds is 4. The van der Waals surface area contributed by atoms with Crippen molar-refractivity contribution in [1.29, 1.82) is 0 Å². The first-order valence-corrected chi connectivity index (χ1v) is 7.73. The van der Waals surface area contributed by atoms with E-state index in [1.807, 2.05) is 14.0 Å². The minimum atomic E-state index is -3.47. The zero-order chi connectivity index (χ0) is 13.9. The van der Waals surface area contributed by atoms with E-state index in [-0.39, 0.29) is 5.03 Å². The number of aromatic nitrogens is 1. The number of nitrogens with zero attached hydrogens (tertiary/aromatic N) is 2. The molecule has 1 aliphatic rings. The van der Waals surface area contributed by atoms with Gasteiger partial charge >= 0.3 is 0 Å². The van der Waals surface area contributed by atoms with E-state index >= 15 is 0 Å². The van der Waals surface area contributed by atoms with E-state index in [2.05, 4.69) is 16.4 Å². The molecule has 0 spiro atoms. The minimum Gasteiger partial charge on any atom is -0.316 e. The Morgan fingerprint density at radius 1 is 1.42 bits per heavy atom. The number of hydrogen-bond donors (Lipinski definition) is 1. The van der Waals surface area contributed by atoms with Gasteiger partial charge in [-0.25, -0.2) is 13.4 Å². The van der Waals surface area contributed by atoms with Crippen molar-refractivity contribution in [3.8, 4) is 0 Å². The van der Waals surface area contributed by atoms with Gasteiger partial charge in [-0.3, -0.25) is 0 Å². The first-order chi connectivity index (χ1) is 9.04. The highest BCUT2D eigenvalue weighted by atomic mass is 32.2. The molecule has 5 nitrogen and oxygen atoms in total. The summed E-state index contributed by atoms with van der Waals surface area (Å²) >= 11 is 0. The molecule has 0 aliphatic carbocycles. The van der Waals surface area contributed by atoms with Crippen LogP contribution in [0.5, 0.6) is 0 Å². The summed E-state index contributed by atoms with van der Waals surface area (Å²) in [6.45, 7) is 3.62. The van der Waals surface area contributed by atoms with Crippen LogP contribution in [0.3, 0.4) is 0 Å². The molecule has 1 aromatic rings. The fraction of sp³-hybridized carbons (Fsp3) is 0.462. The normalized spacial score (nSPS) is 17.3. The second-order valence-corrected chi connectivity index (χ2v) is 6.60. The van der Waals surface area contributed by atoms with Crippen LogP contribution in [0.4, 0.5) is 0 Å². The Balaban J connectivity index is 2.22. The summed E-state index contributed by atoms with van der Waals surface area (Å²) in [7, 11) is -1.62. The van der Waals surface area contributed by atoms with Gasteiger partial charge in [0.15, 0.2) is 5.03 Å². The van der Waals surface area contributed by atoms with Crippen LogP contribution in [-0.4, -0.2) is 37.8 Å². The average molecular weight is 281 g/mol. The lowest BCUT2D eigenvalue weighted by Crippen LogP contribution is -2.35. The first kappa shape index (κ1) is 14.2. The average Bonchev–Trinajstić information content (AvgIpc) is 2.40. The molecule has 2 heterocycles. The Bertz CT molecular complexity index is 564. The quantitative estimate of drug-likeness (QED) is 0.841. The molecule has 19 heavy (non-hydrogen) atoms. The number of nitrogens with one attached hydrogen (secondary N) is 1. The molecule has 0 saturated carbocycles. The van der Waals surface area contributed by atoms with Gasteiger partial charge < -0.3 is 5.32 Å². The molecule has 0 radical (unpaired) electrons. The smallest absolute Gasteiger partial charge is 0.260 e. The van der Waals surface area contributed by atoms with Crippen molar-refractivity contribution in [2.24, 2.45) is 0 Å². The molecule has 2 rings (SSSR count). The van der Waals surface area contributed by atoms with E-state index in [0.29, 0.717) is 19.6 Å². The third-order valence-electron chi connectivity index (χ3n) is 3.08. The van der Waals surface area contributed by atoms with Gasteiger partial charge in [-0.05, 0) is 32.0 Å². The van der Waals surface area contributed by atoms with Gasteiger partial charge in [-0.15, -0.1) is 0 Å². The Hall–Kier alpha value is -1.24. The second-order valence-electron chi connectivity index (χ2n) is 4.71. The van der Waals surface area contributed by atoms with Crippen molar-refractivity contribution < 1.29 is 8.42 Å². The van der Waals surface area contributed by atoms with Crippen molar-refractivity contribution in [1.82, 2.24) is 14.6 Å². The van der Waals surface area contributed by atoms with Crippen molar-refractivity contribution in [2.75, 3.05) is 20.1 Å². The molecule has 0 amide bonds. The summed E-state index contributed by atoms with van der Waals surface area (Å²) < 4.78 is 26.3. The molecule has 0 unspecified atom stereocenters.